The van der Waals surface area contributed by atoms with Crippen molar-refractivity contribution < 1.29 is 13.6 Å². The molecule has 0 aliphatic rings. The molecule has 1 aromatic rings. The molecule has 0 bridgehead atoms. The van der Waals surface area contributed by atoms with Crippen molar-refractivity contribution in [1.29, 1.82) is 0 Å². The Balaban J connectivity index is 2.50. The molecule has 0 fully saturated rings. The van der Waals surface area contributed by atoms with Gasteiger partial charge in [-0.05, 0) is 24.1 Å². The van der Waals surface area contributed by atoms with Crippen LogP contribution in [0.3, 0.4) is 0 Å². The van der Waals surface area contributed by atoms with Gasteiger partial charge in [-0.2, -0.15) is 0 Å². The van der Waals surface area contributed by atoms with Crippen LogP contribution in [0.5, 0.6) is 0 Å². The van der Waals surface area contributed by atoms with E-state index in [1.165, 1.54) is 6.07 Å². The average molecular weight is 242 g/mol. The van der Waals surface area contributed by atoms with E-state index in [0.29, 0.717) is 12.0 Å². The number of hydrogen-bond donors (Lipinski definition) is 2. The van der Waals surface area contributed by atoms with Crippen LogP contribution in [0.25, 0.3) is 0 Å². The van der Waals surface area contributed by atoms with E-state index >= 15 is 0 Å². The minimum atomic E-state index is -0.922. The summed E-state index contributed by atoms with van der Waals surface area (Å²) < 4.78 is 25.5. The third-order valence-corrected chi connectivity index (χ3v) is 2.39. The summed E-state index contributed by atoms with van der Waals surface area (Å²) in [6.45, 7) is 2.08. The molecule has 17 heavy (non-hydrogen) atoms. The summed E-state index contributed by atoms with van der Waals surface area (Å²) in [6, 6.07) is 2.96. The molecular formula is C12H16F2N2O. The minimum Gasteiger partial charge on any atom is -0.351 e. The summed E-state index contributed by atoms with van der Waals surface area (Å²) in [6.07, 6.45) is 1.42. The van der Waals surface area contributed by atoms with E-state index in [0.717, 1.165) is 18.6 Å². The summed E-state index contributed by atoms with van der Waals surface area (Å²) in [4.78, 5) is 11.5. The van der Waals surface area contributed by atoms with Gasteiger partial charge in [0.15, 0.2) is 11.6 Å². The van der Waals surface area contributed by atoms with Crippen LogP contribution in [0.4, 0.5) is 8.78 Å². The molecule has 0 aliphatic heterocycles. The smallest absolute Gasteiger partial charge is 0.237 e. The number of nitrogens with two attached hydrogens (primary N) is 1. The molecule has 1 rings (SSSR count). The average Bonchev–Trinajstić information content (AvgIpc) is 2.30. The fraction of sp³-hybridized carbons (Fsp3) is 0.417. The van der Waals surface area contributed by atoms with Crippen LogP contribution >= 0.6 is 0 Å². The maximum Gasteiger partial charge on any atom is 0.237 e. The second kappa shape index (κ2) is 6.30. The van der Waals surface area contributed by atoms with E-state index in [1.807, 2.05) is 6.92 Å². The summed E-state index contributed by atoms with van der Waals surface area (Å²) in [5.74, 6) is -2.10. The zero-order chi connectivity index (χ0) is 12.8. The van der Waals surface area contributed by atoms with Gasteiger partial charge in [0.25, 0.3) is 0 Å². The summed E-state index contributed by atoms with van der Waals surface area (Å²) in [7, 11) is 0. The maximum atomic E-state index is 12.9. The van der Waals surface area contributed by atoms with Crippen molar-refractivity contribution in [2.75, 3.05) is 0 Å². The van der Waals surface area contributed by atoms with Crippen molar-refractivity contribution in [3.63, 3.8) is 0 Å². The normalized spacial score (nSPS) is 12.2. The lowest BCUT2D eigenvalue weighted by Crippen LogP contribution is -2.40. The lowest BCUT2D eigenvalue weighted by atomic mass is 10.1. The van der Waals surface area contributed by atoms with E-state index in [4.69, 9.17) is 5.73 Å². The molecule has 0 heterocycles. The number of nitrogens with one attached hydrogen (secondary N) is 1. The van der Waals surface area contributed by atoms with E-state index in [2.05, 4.69) is 5.32 Å². The summed E-state index contributed by atoms with van der Waals surface area (Å²) in [5, 5.41) is 2.58. The Labute approximate surface area is 99.0 Å². The van der Waals surface area contributed by atoms with Gasteiger partial charge in [-0.15, -0.1) is 0 Å². The van der Waals surface area contributed by atoms with Gasteiger partial charge in [0.2, 0.25) is 5.91 Å². The van der Waals surface area contributed by atoms with Crippen LogP contribution < -0.4 is 11.1 Å². The molecule has 0 aliphatic carbocycles. The first-order valence-corrected chi connectivity index (χ1v) is 5.51. The summed E-state index contributed by atoms with van der Waals surface area (Å²) in [5.41, 5.74) is 6.10. The number of hydrogen-bond acceptors (Lipinski definition) is 2. The Kier molecular flexibility index (Phi) is 5.03. The van der Waals surface area contributed by atoms with Gasteiger partial charge in [-0.25, -0.2) is 8.78 Å². The number of benzene rings is 1. The third kappa shape index (κ3) is 4.11. The number of rotatable bonds is 5. The standard InChI is InChI=1S/C12H16F2N2O/c1-2-3-11(15)12(17)16-7-8-4-5-9(13)10(14)6-8/h4-6,11H,2-3,7,15H2,1H3,(H,16,17). The highest BCUT2D eigenvalue weighted by Gasteiger charge is 2.11. The van der Waals surface area contributed by atoms with E-state index in [9.17, 15) is 13.6 Å². The van der Waals surface area contributed by atoms with Crippen molar-refractivity contribution in [1.82, 2.24) is 5.32 Å². The maximum absolute atomic E-state index is 12.9. The number of carbonyl (C=O) groups excluding carboxylic acids is 1. The first-order valence-electron chi connectivity index (χ1n) is 5.51. The molecule has 1 unspecified atom stereocenters. The van der Waals surface area contributed by atoms with Gasteiger partial charge < -0.3 is 11.1 Å². The fourth-order valence-corrected chi connectivity index (χ4v) is 1.41. The van der Waals surface area contributed by atoms with Gasteiger partial charge in [0.05, 0.1) is 6.04 Å². The molecular weight excluding hydrogens is 226 g/mol. The van der Waals surface area contributed by atoms with Gasteiger partial charge in [-0.1, -0.05) is 19.4 Å². The summed E-state index contributed by atoms with van der Waals surface area (Å²) >= 11 is 0. The molecule has 3 nitrogen and oxygen atoms in total. The highest BCUT2D eigenvalue weighted by atomic mass is 19.2. The number of halogens is 2. The zero-order valence-electron chi connectivity index (χ0n) is 9.67. The molecule has 0 spiro atoms. The van der Waals surface area contributed by atoms with Crippen LogP contribution in [0.1, 0.15) is 25.3 Å². The molecule has 0 aromatic heterocycles. The number of carbonyl (C=O) groups is 1. The Morgan fingerprint density at radius 1 is 1.41 bits per heavy atom. The van der Waals surface area contributed by atoms with Crippen molar-refractivity contribution in [2.24, 2.45) is 5.73 Å². The fourth-order valence-electron chi connectivity index (χ4n) is 1.41. The molecule has 1 amide bonds. The first-order chi connectivity index (χ1) is 8.04. The molecule has 1 atom stereocenters. The van der Waals surface area contributed by atoms with Crippen LogP contribution in [0.2, 0.25) is 0 Å². The lowest BCUT2D eigenvalue weighted by molar-refractivity contribution is -0.122. The Morgan fingerprint density at radius 3 is 2.71 bits per heavy atom. The molecule has 0 radical (unpaired) electrons. The largest absolute Gasteiger partial charge is 0.351 e. The highest BCUT2D eigenvalue weighted by Crippen LogP contribution is 2.08. The molecule has 94 valence electrons. The van der Waals surface area contributed by atoms with Gasteiger partial charge >= 0.3 is 0 Å². The lowest BCUT2D eigenvalue weighted by Gasteiger charge is -2.11. The molecule has 0 saturated carbocycles. The topological polar surface area (TPSA) is 55.1 Å². The van der Waals surface area contributed by atoms with Crippen molar-refractivity contribution in [3.05, 3.63) is 35.4 Å². The van der Waals surface area contributed by atoms with Crippen LogP contribution in [-0.2, 0) is 11.3 Å². The van der Waals surface area contributed by atoms with Crippen LogP contribution in [0, 0.1) is 11.6 Å². The third-order valence-electron chi connectivity index (χ3n) is 2.39. The van der Waals surface area contributed by atoms with E-state index in [1.54, 1.807) is 0 Å². The molecule has 1 aromatic carbocycles. The van der Waals surface area contributed by atoms with Crippen molar-refractivity contribution in [2.45, 2.75) is 32.4 Å². The molecule has 5 heteroatoms. The zero-order valence-corrected chi connectivity index (χ0v) is 9.67. The predicted molar refractivity (Wildman–Crippen MR) is 61.1 cm³/mol. The van der Waals surface area contributed by atoms with Gasteiger partial charge in [0.1, 0.15) is 0 Å². The highest BCUT2D eigenvalue weighted by molar-refractivity contribution is 5.81. The van der Waals surface area contributed by atoms with Crippen molar-refractivity contribution >= 4 is 5.91 Å². The monoisotopic (exact) mass is 242 g/mol. The van der Waals surface area contributed by atoms with Crippen LogP contribution in [0.15, 0.2) is 18.2 Å². The minimum absolute atomic E-state index is 0.146. The van der Waals surface area contributed by atoms with Gasteiger partial charge in [0, 0.05) is 6.54 Å². The predicted octanol–water partition coefficient (Wildman–Crippen LogP) is 1.71. The van der Waals surface area contributed by atoms with Crippen LogP contribution in [-0.4, -0.2) is 11.9 Å². The number of amides is 1. The molecule has 3 N–H and O–H groups in total. The van der Waals surface area contributed by atoms with Crippen molar-refractivity contribution in [3.8, 4) is 0 Å². The van der Waals surface area contributed by atoms with Gasteiger partial charge in [-0.3, -0.25) is 4.79 Å². The van der Waals surface area contributed by atoms with E-state index < -0.39 is 17.7 Å². The SMILES string of the molecule is CCCC(N)C(=O)NCc1ccc(F)c(F)c1. The second-order valence-corrected chi connectivity index (χ2v) is 3.86. The Hall–Kier alpha value is -1.49. The molecule has 0 saturated heterocycles. The van der Waals surface area contributed by atoms with E-state index in [-0.39, 0.29) is 12.5 Å². The second-order valence-electron chi connectivity index (χ2n) is 3.86. The Morgan fingerprint density at radius 2 is 2.12 bits per heavy atom. The quantitative estimate of drug-likeness (QED) is 0.825. The Bertz CT molecular complexity index is 396. The first kappa shape index (κ1) is 13.6.